The van der Waals surface area contributed by atoms with E-state index in [1.807, 2.05) is 0 Å². The molecule has 2 rings (SSSR count). The number of piperidine rings is 1. The summed E-state index contributed by atoms with van der Waals surface area (Å²) >= 11 is 0. The van der Waals surface area contributed by atoms with Gasteiger partial charge in [0, 0.05) is 25.2 Å². The molecular formula is C16H20F3NO4S. The van der Waals surface area contributed by atoms with E-state index in [1.54, 1.807) is 20.8 Å². The van der Waals surface area contributed by atoms with Crippen LogP contribution in [0, 0.1) is 17.5 Å². The predicted octanol–water partition coefficient (Wildman–Crippen LogP) is 3.28. The number of carbonyl (C=O) groups excluding carboxylic acids is 1. The van der Waals surface area contributed by atoms with Crippen LogP contribution in [0.5, 0.6) is 0 Å². The van der Waals surface area contributed by atoms with Crippen LogP contribution < -0.4 is 0 Å². The number of likely N-dealkylation sites (tertiary alicyclic amines) is 1. The molecule has 1 aliphatic heterocycles. The second-order valence-electron chi connectivity index (χ2n) is 6.93. The average Bonchev–Trinajstić information content (AvgIpc) is 2.44. The molecule has 0 radical (unpaired) electrons. The van der Waals surface area contributed by atoms with Crippen molar-refractivity contribution in [2.75, 3.05) is 13.1 Å². The molecule has 0 aromatic heterocycles. The molecule has 25 heavy (non-hydrogen) atoms. The number of halogens is 3. The average molecular weight is 379 g/mol. The Morgan fingerprint density at radius 1 is 1.20 bits per heavy atom. The second-order valence-corrected chi connectivity index (χ2v) is 9.10. The summed E-state index contributed by atoms with van der Waals surface area (Å²) in [4.78, 5) is 12.2. The molecule has 5 nitrogen and oxygen atoms in total. The maximum absolute atomic E-state index is 13.9. The molecule has 1 aromatic carbocycles. The SMILES string of the molecule is CC(C)(C)OC(=O)N1CCC[C@@H](S(=O)(=O)c2c(F)cc(F)cc2F)C1. The minimum Gasteiger partial charge on any atom is -0.444 e. The van der Waals surface area contributed by atoms with Crippen LogP contribution in [-0.2, 0) is 14.6 Å². The largest absolute Gasteiger partial charge is 0.444 e. The highest BCUT2D eigenvalue weighted by Gasteiger charge is 2.38. The fourth-order valence-electron chi connectivity index (χ4n) is 2.65. The zero-order valence-electron chi connectivity index (χ0n) is 14.2. The van der Waals surface area contributed by atoms with E-state index in [2.05, 4.69) is 0 Å². The zero-order valence-corrected chi connectivity index (χ0v) is 15.0. The first kappa shape index (κ1) is 19.6. The van der Waals surface area contributed by atoms with Crippen molar-refractivity contribution in [3.8, 4) is 0 Å². The van der Waals surface area contributed by atoms with Gasteiger partial charge in [-0.2, -0.15) is 0 Å². The Labute approximate surface area is 144 Å². The third-order valence-electron chi connectivity index (χ3n) is 3.72. The van der Waals surface area contributed by atoms with Crippen LogP contribution in [0.4, 0.5) is 18.0 Å². The Morgan fingerprint density at radius 3 is 2.28 bits per heavy atom. The van der Waals surface area contributed by atoms with Gasteiger partial charge in [0.1, 0.15) is 27.9 Å². The van der Waals surface area contributed by atoms with Crippen LogP contribution >= 0.6 is 0 Å². The first-order chi connectivity index (χ1) is 11.4. The van der Waals surface area contributed by atoms with Crippen molar-refractivity contribution in [1.29, 1.82) is 0 Å². The predicted molar refractivity (Wildman–Crippen MR) is 84.3 cm³/mol. The number of nitrogens with zero attached hydrogens (tertiary/aromatic N) is 1. The first-order valence-corrected chi connectivity index (χ1v) is 9.33. The lowest BCUT2D eigenvalue weighted by Gasteiger charge is -2.33. The van der Waals surface area contributed by atoms with Crippen LogP contribution in [0.25, 0.3) is 0 Å². The molecule has 1 fully saturated rings. The van der Waals surface area contributed by atoms with E-state index in [0.717, 1.165) is 0 Å². The maximum atomic E-state index is 13.9. The van der Waals surface area contributed by atoms with Crippen molar-refractivity contribution in [3.63, 3.8) is 0 Å². The normalized spacial score (nSPS) is 19.0. The van der Waals surface area contributed by atoms with Gasteiger partial charge in [-0.15, -0.1) is 0 Å². The Morgan fingerprint density at radius 2 is 1.76 bits per heavy atom. The Hall–Kier alpha value is -1.77. The number of sulfone groups is 1. The van der Waals surface area contributed by atoms with Crippen LogP contribution in [0.15, 0.2) is 17.0 Å². The summed E-state index contributed by atoms with van der Waals surface area (Å²) in [5.41, 5.74) is -0.752. The number of ether oxygens (including phenoxy) is 1. The van der Waals surface area contributed by atoms with E-state index in [-0.39, 0.29) is 19.5 Å². The summed E-state index contributed by atoms with van der Waals surface area (Å²) in [5, 5.41) is -1.19. The number of rotatable bonds is 2. The van der Waals surface area contributed by atoms with Crippen molar-refractivity contribution in [2.24, 2.45) is 0 Å². The van der Waals surface area contributed by atoms with Crippen molar-refractivity contribution < 1.29 is 31.1 Å². The van der Waals surface area contributed by atoms with E-state index in [9.17, 15) is 26.4 Å². The van der Waals surface area contributed by atoms with E-state index in [4.69, 9.17) is 4.74 Å². The molecule has 0 bridgehead atoms. The summed E-state index contributed by atoms with van der Waals surface area (Å²) in [5.74, 6) is -4.16. The Balaban J connectivity index is 2.27. The molecule has 0 spiro atoms. The highest BCUT2D eigenvalue weighted by atomic mass is 32.2. The smallest absolute Gasteiger partial charge is 0.410 e. The van der Waals surface area contributed by atoms with E-state index in [0.29, 0.717) is 18.6 Å². The molecule has 0 saturated carbocycles. The minimum atomic E-state index is -4.42. The van der Waals surface area contributed by atoms with E-state index < -0.39 is 49.1 Å². The molecule has 1 amide bonds. The number of benzene rings is 1. The lowest BCUT2D eigenvalue weighted by Crippen LogP contribution is -2.47. The lowest BCUT2D eigenvalue weighted by atomic mass is 10.1. The number of hydrogen-bond donors (Lipinski definition) is 0. The number of hydrogen-bond acceptors (Lipinski definition) is 4. The fourth-order valence-corrected chi connectivity index (χ4v) is 4.50. The van der Waals surface area contributed by atoms with Gasteiger partial charge in [0.05, 0.1) is 5.25 Å². The molecule has 1 aliphatic rings. The summed E-state index contributed by atoms with van der Waals surface area (Å²) in [6.07, 6.45) is -0.210. The molecular weight excluding hydrogens is 359 g/mol. The molecule has 9 heteroatoms. The van der Waals surface area contributed by atoms with Crippen molar-refractivity contribution in [1.82, 2.24) is 4.90 Å². The van der Waals surface area contributed by atoms with Gasteiger partial charge in [-0.3, -0.25) is 0 Å². The quantitative estimate of drug-likeness (QED) is 0.740. The summed E-state index contributed by atoms with van der Waals surface area (Å²) in [6, 6.07) is 0.648. The molecule has 1 aromatic rings. The van der Waals surface area contributed by atoms with Gasteiger partial charge < -0.3 is 9.64 Å². The number of carbonyl (C=O) groups is 1. The third kappa shape index (κ3) is 4.45. The molecule has 140 valence electrons. The van der Waals surface area contributed by atoms with Crippen LogP contribution in [-0.4, -0.2) is 43.4 Å². The van der Waals surface area contributed by atoms with Crippen molar-refractivity contribution >= 4 is 15.9 Å². The molecule has 0 unspecified atom stereocenters. The maximum Gasteiger partial charge on any atom is 0.410 e. The molecule has 0 aliphatic carbocycles. The van der Waals surface area contributed by atoms with Gasteiger partial charge in [0.25, 0.3) is 0 Å². The topological polar surface area (TPSA) is 63.7 Å². The van der Waals surface area contributed by atoms with Crippen molar-refractivity contribution in [3.05, 3.63) is 29.6 Å². The third-order valence-corrected chi connectivity index (χ3v) is 5.94. The zero-order chi connectivity index (χ0) is 19.0. The van der Waals surface area contributed by atoms with Gasteiger partial charge in [0.15, 0.2) is 9.84 Å². The molecule has 1 atom stereocenters. The van der Waals surface area contributed by atoms with Crippen LogP contribution in [0.1, 0.15) is 33.6 Å². The van der Waals surface area contributed by atoms with Gasteiger partial charge in [-0.05, 0) is 33.6 Å². The summed E-state index contributed by atoms with van der Waals surface area (Å²) < 4.78 is 71.2. The standard InChI is InChI=1S/C16H20F3NO4S/c1-16(2,3)24-15(21)20-6-4-5-11(9-20)25(22,23)14-12(18)7-10(17)8-13(14)19/h7-8,11H,4-6,9H2,1-3H3/t11-/m1/s1. The minimum absolute atomic E-state index is 0.137. The van der Waals surface area contributed by atoms with E-state index >= 15 is 0 Å². The van der Waals surface area contributed by atoms with Crippen molar-refractivity contribution in [2.45, 2.75) is 49.4 Å². The van der Waals surface area contributed by atoms with E-state index in [1.165, 1.54) is 4.90 Å². The van der Waals surface area contributed by atoms with Gasteiger partial charge in [-0.1, -0.05) is 0 Å². The summed E-state index contributed by atoms with van der Waals surface area (Å²) in [6.45, 7) is 5.06. The lowest BCUT2D eigenvalue weighted by molar-refractivity contribution is 0.0219. The molecule has 0 N–H and O–H groups in total. The van der Waals surface area contributed by atoms with Crippen LogP contribution in [0.2, 0.25) is 0 Å². The summed E-state index contributed by atoms with van der Waals surface area (Å²) in [7, 11) is -4.42. The molecule has 1 saturated heterocycles. The van der Waals surface area contributed by atoms with Gasteiger partial charge >= 0.3 is 6.09 Å². The highest BCUT2D eigenvalue weighted by molar-refractivity contribution is 7.92. The molecule has 1 heterocycles. The fraction of sp³-hybridized carbons (Fsp3) is 0.562. The van der Waals surface area contributed by atoms with Gasteiger partial charge in [-0.25, -0.2) is 26.4 Å². The Kier molecular flexibility index (Phi) is 5.36. The Bertz CT molecular complexity index is 751. The number of amides is 1. The first-order valence-electron chi connectivity index (χ1n) is 7.78. The highest BCUT2D eigenvalue weighted by Crippen LogP contribution is 2.29. The van der Waals surface area contributed by atoms with Crippen LogP contribution in [0.3, 0.4) is 0 Å². The monoisotopic (exact) mass is 379 g/mol. The second kappa shape index (κ2) is 6.86. The van der Waals surface area contributed by atoms with Gasteiger partial charge in [0.2, 0.25) is 0 Å².